The Morgan fingerprint density at radius 3 is 2.93 bits per heavy atom. The number of rotatable bonds is 4. The Bertz CT molecular complexity index is 1130. The maximum absolute atomic E-state index is 6.15. The van der Waals surface area contributed by atoms with Crippen LogP contribution >= 0.6 is 0 Å². The van der Waals surface area contributed by atoms with Crippen molar-refractivity contribution in [3.05, 3.63) is 53.6 Å². The summed E-state index contributed by atoms with van der Waals surface area (Å²) in [6, 6.07) is 9.88. The zero-order chi connectivity index (χ0) is 18.4. The zero-order valence-electron chi connectivity index (χ0n) is 15.0. The summed E-state index contributed by atoms with van der Waals surface area (Å²) in [6.07, 6.45) is 1.83. The molecule has 0 spiro atoms. The van der Waals surface area contributed by atoms with Gasteiger partial charge in [-0.05, 0) is 30.7 Å². The summed E-state index contributed by atoms with van der Waals surface area (Å²) in [5.74, 6) is 1.72. The fourth-order valence-corrected chi connectivity index (χ4v) is 3.59. The van der Waals surface area contributed by atoms with E-state index in [2.05, 4.69) is 26.0 Å². The summed E-state index contributed by atoms with van der Waals surface area (Å²) in [7, 11) is 0. The van der Waals surface area contributed by atoms with Gasteiger partial charge in [-0.15, -0.1) is 5.10 Å². The molecular weight excluding hydrogens is 342 g/mol. The first kappa shape index (κ1) is 16.0. The molecule has 8 heteroatoms. The maximum Gasteiger partial charge on any atom is 0.223 e. The van der Waals surface area contributed by atoms with Crippen molar-refractivity contribution in [3.63, 3.8) is 0 Å². The van der Waals surface area contributed by atoms with Gasteiger partial charge in [0.15, 0.2) is 11.5 Å². The van der Waals surface area contributed by atoms with Crippen molar-refractivity contribution >= 4 is 22.5 Å². The molecule has 0 aliphatic carbocycles. The third-order valence-corrected chi connectivity index (χ3v) is 4.75. The van der Waals surface area contributed by atoms with Crippen molar-refractivity contribution in [2.45, 2.75) is 26.6 Å². The Morgan fingerprint density at radius 1 is 1.15 bits per heavy atom. The second-order valence-electron chi connectivity index (χ2n) is 6.57. The molecular formula is C19H19N7O. The van der Waals surface area contributed by atoms with Crippen LogP contribution in [0.3, 0.4) is 0 Å². The predicted molar refractivity (Wildman–Crippen MR) is 101 cm³/mol. The standard InChI is InChI=1S/C19H19N7O/c1-2-27-15-7-3-6-13-17(15)23-19(20)26-18(13)22-16(24-26)11-25-9-12-5-4-8-21-14(12)10-25/h3-8H,2,9-11H2,1H3,(H2,20,23). The topological polar surface area (TPSA) is 94.5 Å². The van der Waals surface area contributed by atoms with E-state index < -0.39 is 0 Å². The Hall–Kier alpha value is -3.26. The van der Waals surface area contributed by atoms with Gasteiger partial charge in [-0.1, -0.05) is 12.1 Å². The van der Waals surface area contributed by atoms with E-state index in [9.17, 15) is 0 Å². The number of nitrogen functional groups attached to an aromatic ring is 1. The van der Waals surface area contributed by atoms with Gasteiger partial charge in [0.05, 0.1) is 18.8 Å². The average molecular weight is 361 g/mol. The Labute approximate surface area is 155 Å². The minimum atomic E-state index is 0.301. The second kappa shape index (κ2) is 6.17. The molecule has 0 saturated carbocycles. The summed E-state index contributed by atoms with van der Waals surface area (Å²) >= 11 is 0. The van der Waals surface area contributed by atoms with Gasteiger partial charge in [-0.25, -0.2) is 9.97 Å². The number of fused-ring (bicyclic) bond motifs is 4. The summed E-state index contributed by atoms with van der Waals surface area (Å²) < 4.78 is 7.29. The molecule has 0 saturated heterocycles. The van der Waals surface area contributed by atoms with E-state index in [-0.39, 0.29) is 0 Å². The van der Waals surface area contributed by atoms with Crippen LogP contribution in [0.2, 0.25) is 0 Å². The van der Waals surface area contributed by atoms with E-state index >= 15 is 0 Å². The highest BCUT2D eigenvalue weighted by Crippen LogP contribution is 2.28. The molecule has 1 aliphatic heterocycles. The van der Waals surface area contributed by atoms with Crippen molar-refractivity contribution in [1.82, 2.24) is 29.5 Å². The van der Waals surface area contributed by atoms with Crippen LogP contribution in [0.4, 0.5) is 5.95 Å². The average Bonchev–Trinajstić information content (AvgIpc) is 3.27. The van der Waals surface area contributed by atoms with Crippen molar-refractivity contribution in [1.29, 1.82) is 0 Å². The van der Waals surface area contributed by atoms with Crippen LogP contribution in [0, 0.1) is 0 Å². The molecule has 8 nitrogen and oxygen atoms in total. The Balaban J connectivity index is 1.53. The predicted octanol–water partition coefficient (Wildman–Crippen LogP) is 2.17. The summed E-state index contributed by atoms with van der Waals surface area (Å²) in [4.78, 5) is 15.9. The van der Waals surface area contributed by atoms with Crippen molar-refractivity contribution in [3.8, 4) is 5.75 Å². The van der Waals surface area contributed by atoms with Crippen molar-refractivity contribution in [2.24, 2.45) is 0 Å². The molecule has 0 atom stereocenters. The Morgan fingerprint density at radius 2 is 2.07 bits per heavy atom. The van der Waals surface area contributed by atoms with E-state index in [0.29, 0.717) is 41.8 Å². The van der Waals surface area contributed by atoms with Gasteiger partial charge >= 0.3 is 0 Å². The molecule has 2 N–H and O–H groups in total. The van der Waals surface area contributed by atoms with Gasteiger partial charge in [-0.2, -0.15) is 4.52 Å². The third kappa shape index (κ3) is 2.65. The first-order valence-corrected chi connectivity index (χ1v) is 8.94. The number of ether oxygens (including phenoxy) is 1. The van der Waals surface area contributed by atoms with Crippen LogP contribution in [-0.2, 0) is 19.6 Å². The number of pyridine rings is 1. The molecule has 27 heavy (non-hydrogen) atoms. The van der Waals surface area contributed by atoms with E-state index in [1.807, 2.05) is 37.4 Å². The maximum atomic E-state index is 6.15. The molecule has 0 bridgehead atoms. The summed E-state index contributed by atoms with van der Waals surface area (Å²) in [5.41, 5.74) is 9.93. The normalized spacial score (nSPS) is 14.1. The van der Waals surface area contributed by atoms with Crippen LogP contribution in [0.15, 0.2) is 36.5 Å². The molecule has 0 radical (unpaired) electrons. The molecule has 5 rings (SSSR count). The smallest absolute Gasteiger partial charge is 0.223 e. The lowest BCUT2D eigenvalue weighted by Gasteiger charge is -2.10. The van der Waals surface area contributed by atoms with Crippen molar-refractivity contribution < 1.29 is 4.74 Å². The van der Waals surface area contributed by atoms with Crippen LogP contribution in [0.5, 0.6) is 5.75 Å². The lowest BCUT2D eigenvalue weighted by atomic mass is 10.2. The first-order chi connectivity index (χ1) is 13.2. The van der Waals surface area contributed by atoms with Gasteiger partial charge in [-0.3, -0.25) is 9.88 Å². The molecule has 4 aromatic rings. The monoisotopic (exact) mass is 361 g/mol. The lowest BCUT2D eigenvalue weighted by molar-refractivity contribution is 0.267. The number of para-hydroxylation sites is 1. The van der Waals surface area contributed by atoms with Crippen LogP contribution in [0.25, 0.3) is 16.6 Å². The fraction of sp³-hybridized carbons (Fsp3) is 0.263. The minimum Gasteiger partial charge on any atom is -0.492 e. The van der Waals surface area contributed by atoms with Gasteiger partial charge in [0, 0.05) is 24.7 Å². The van der Waals surface area contributed by atoms with Gasteiger partial charge < -0.3 is 10.5 Å². The van der Waals surface area contributed by atoms with E-state index in [0.717, 1.165) is 24.2 Å². The highest BCUT2D eigenvalue weighted by molar-refractivity contribution is 5.95. The minimum absolute atomic E-state index is 0.301. The zero-order valence-corrected chi connectivity index (χ0v) is 15.0. The van der Waals surface area contributed by atoms with E-state index in [4.69, 9.17) is 15.5 Å². The summed E-state index contributed by atoms with van der Waals surface area (Å²) in [6.45, 7) is 4.78. The van der Waals surface area contributed by atoms with Crippen LogP contribution in [-0.4, -0.2) is 36.1 Å². The SMILES string of the molecule is CCOc1cccc2c1nc(N)n1nc(CN3Cc4cccnc4C3)nc21. The number of nitrogens with two attached hydrogens (primary N) is 1. The molecule has 1 aromatic carbocycles. The van der Waals surface area contributed by atoms with Gasteiger partial charge in [0.2, 0.25) is 5.95 Å². The highest BCUT2D eigenvalue weighted by Gasteiger charge is 2.22. The molecule has 136 valence electrons. The molecule has 0 amide bonds. The number of anilines is 1. The Kier molecular flexibility index (Phi) is 3.64. The fourth-order valence-electron chi connectivity index (χ4n) is 3.59. The highest BCUT2D eigenvalue weighted by atomic mass is 16.5. The van der Waals surface area contributed by atoms with Crippen LogP contribution in [0.1, 0.15) is 24.0 Å². The number of hydrogen-bond acceptors (Lipinski definition) is 7. The number of benzene rings is 1. The number of aromatic nitrogens is 5. The lowest BCUT2D eigenvalue weighted by Crippen LogP contribution is -2.16. The third-order valence-electron chi connectivity index (χ3n) is 4.75. The quantitative estimate of drug-likeness (QED) is 0.595. The molecule has 4 heterocycles. The number of hydrogen-bond donors (Lipinski definition) is 1. The van der Waals surface area contributed by atoms with E-state index in [1.54, 1.807) is 4.52 Å². The van der Waals surface area contributed by atoms with Gasteiger partial charge in [0.25, 0.3) is 0 Å². The molecule has 1 aliphatic rings. The van der Waals surface area contributed by atoms with Crippen molar-refractivity contribution in [2.75, 3.05) is 12.3 Å². The van der Waals surface area contributed by atoms with E-state index in [1.165, 1.54) is 5.56 Å². The molecule has 0 fully saturated rings. The van der Waals surface area contributed by atoms with Crippen LogP contribution < -0.4 is 10.5 Å². The molecule has 0 unspecified atom stereocenters. The van der Waals surface area contributed by atoms with Gasteiger partial charge in [0.1, 0.15) is 11.3 Å². The molecule has 3 aromatic heterocycles. The number of nitrogens with zero attached hydrogens (tertiary/aromatic N) is 6. The largest absolute Gasteiger partial charge is 0.492 e. The first-order valence-electron chi connectivity index (χ1n) is 8.94. The summed E-state index contributed by atoms with van der Waals surface area (Å²) in [5, 5.41) is 5.45. The second-order valence-corrected chi connectivity index (χ2v) is 6.57.